The quantitative estimate of drug-likeness (QED) is 0.296. The predicted molar refractivity (Wildman–Crippen MR) is 146 cm³/mol. The first-order valence-electron chi connectivity index (χ1n) is 11.8. The SMILES string of the molecule is CPC(C)(C)c1cc(C(C)(C)C(C)C)c(C(C)(C)C(C)C)cc1C(C)(C)C(C)(C)S. The van der Waals surface area contributed by atoms with Crippen molar-refractivity contribution in [3.63, 3.8) is 0 Å². The number of rotatable bonds is 8. The Kier molecular flexibility index (Phi) is 8.17. The molecule has 0 amide bonds. The van der Waals surface area contributed by atoms with Crippen molar-refractivity contribution < 1.29 is 0 Å². The third-order valence-electron chi connectivity index (χ3n) is 8.93. The fraction of sp³-hybridized carbons (Fsp3) is 0.786. The molecule has 1 aromatic carbocycles. The molecule has 1 rings (SSSR count). The molecule has 2 heteroatoms. The summed E-state index contributed by atoms with van der Waals surface area (Å²) in [6.45, 7) is 35.7. The molecule has 0 aromatic heterocycles. The Morgan fingerprint density at radius 3 is 1.23 bits per heavy atom. The van der Waals surface area contributed by atoms with E-state index in [-0.39, 0.29) is 26.1 Å². The van der Waals surface area contributed by atoms with E-state index in [0.29, 0.717) is 11.8 Å². The Morgan fingerprint density at radius 1 is 0.633 bits per heavy atom. The van der Waals surface area contributed by atoms with Gasteiger partial charge in [-0.2, -0.15) is 12.6 Å². The third-order valence-corrected chi connectivity index (χ3v) is 11.0. The maximum Gasteiger partial charge on any atom is 0.0165 e. The van der Waals surface area contributed by atoms with Crippen molar-refractivity contribution in [3.05, 3.63) is 34.4 Å². The van der Waals surface area contributed by atoms with E-state index in [1.807, 2.05) is 0 Å². The lowest BCUT2D eigenvalue weighted by Gasteiger charge is -2.46. The van der Waals surface area contributed by atoms with E-state index in [9.17, 15) is 0 Å². The summed E-state index contributed by atoms with van der Waals surface area (Å²) in [5, 5.41) is 0.147. The fourth-order valence-electron chi connectivity index (χ4n) is 3.79. The van der Waals surface area contributed by atoms with Crippen molar-refractivity contribution in [2.45, 2.75) is 123 Å². The number of thiol groups is 1. The molecule has 0 spiro atoms. The first-order chi connectivity index (χ1) is 13.2. The highest BCUT2D eigenvalue weighted by atomic mass is 32.1. The van der Waals surface area contributed by atoms with Crippen LogP contribution >= 0.6 is 21.2 Å². The molecule has 0 N–H and O–H groups in total. The standard InChI is InChI=1S/C28H51PS/c1-18(2)24(5,6)20-16-22(26(9,10)28(13,14)30)23(27(11,12)29-15)17-21(20)25(7,8)19(3)4/h16-19,29-30H,1-15H3. The Balaban J connectivity index is 4.24. The van der Waals surface area contributed by atoms with E-state index >= 15 is 0 Å². The average Bonchev–Trinajstić information content (AvgIpc) is 2.59. The molecular weight excluding hydrogens is 399 g/mol. The van der Waals surface area contributed by atoms with Crippen LogP contribution in [0.1, 0.15) is 119 Å². The Hall–Kier alpha value is -0.0000000000000000555. The minimum atomic E-state index is -0.122. The molecule has 30 heavy (non-hydrogen) atoms. The number of hydrogen-bond donors (Lipinski definition) is 1. The zero-order valence-electron chi connectivity index (χ0n) is 22.8. The van der Waals surface area contributed by atoms with Gasteiger partial charge in [-0.1, -0.05) is 109 Å². The molecule has 0 saturated heterocycles. The van der Waals surface area contributed by atoms with Gasteiger partial charge in [0.1, 0.15) is 0 Å². The lowest BCUT2D eigenvalue weighted by molar-refractivity contribution is 0.331. The molecule has 0 fully saturated rings. The Morgan fingerprint density at radius 2 is 0.967 bits per heavy atom. The van der Waals surface area contributed by atoms with Gasteiger partial charge in [0.05, 0.1) is 0 Å². The van der Waals surface area contributed by atoms with Crippen LogP contribution in [-0.2, 0) is 21.4 Å². The summed E-state index contributed by atoms with van der Waals surface area (Å²) >= 11 is 5.08. The summed E-state index contributed by atoms with van der Waals surface area (Å²) in [5.74, 6) is 1.13. The van der Waals surface area contributed by atoms with Crippen LogP contribution in [0.3, 0.4) is 0 Å². The van der Waals surface area contributed by atoms with Crippen LogP contribution in [0.15, 0.2) is 12.1 Å². The monoisotopic (exact) mass is 450 g/mol. The normalized spacial score (nSPS) is 15.1. The van der Waals surface area contributed by atoms with Crippen molar-refractivity contribution in [3.8, 4) is 0 Å². The molecule has 0 saturated carbocycles. The second kappa shape index (κ2) is 8.74. The molecule has 0 aliphatic carbocycles. The van der Waals surface area contributed by atoms with Gasteiger partial charge in [0.25, 0.3) is 0 Å². The van der Waals surface area contributed by atoms with Crippen LogP contribution < -0.4 is 0 Å². The summed E-state index contributed by atoms with van der Waals surface area (Å²) in [4.78, 5) is 0. The summed E-state index contributed by atoms with van der Waals surface area (Å²) in [5.41, 5.74) is 6.22. The largest absolute Gasteiger partial charge is 0.172 e. The predicted octanol–water partition coefficient (Wildman–Crippen LogP) is 9.08. The second-order valence-corrected chi connectivity index (χ2v) is 15.6. The van der Waals surface area contributed by atoms with Gasteiger partial charge < -0.3 is 0 Å². The molecule has 0 aliphatic rings. The maximum absolute atomic E-state index is 5.08. The van der Waals surface area contributed by atoms with Crippen molar-refractivity contribution in [2.24, 2.45) is 11.8 Å². The third kappa shape index (κ3) is 4.98. The Bertz CT molecular complexity index is 743. The molecule has 1 atom stereocenters. The molecule has 0 bridgehead atoms. The van der Waals surface area contributed by atoms with E-state index < -0.39 is 0 Å². The molecular formula is C28H51PS. The first-order valence-corrected chi connectivity index (χ1v) is 13.7. The minimum Gasteiger partial charge on any atom is -0.172 e. The van der Waals surface area contributed by atoms with Gasteiger partial charge in [-0.05, 0) is 51.6 Å². The van der Waals surface area contributed by atoms with Crippen molar-refractivity contribution in [1.29, 1.82) is 0 Å². The first kappa shape index (κ1) is 28.0. The van der Waals surface area contributed by atoms with Crippen LogP contribution in [0.5, 0.6) is 0 Å². The van der Waals surface area contributed by atoms with Gasteiger partial charge in [0.2, 0.25) is 0 Å². The van der Waals surface area contributed by atoms with Crippen LogP contribution in [0.4, 0.5) is 0 Å². The van der Waals surface area contributed by atoms with Gasteiger partial charge in [-0.25, -0.2) is 0 Å². The smallest absolute Gasteiger partial charge is 0.0165 e. The molecule has 0 nitrogen and oxygen atoms in total. The van der Waals surface area contributed by atoms with E-state index in [2.05, 4.69) is 116 Å². The fourth-order valence-corrected chi connectivity index (χ4v) is 4.38. The highest BCUT2D eigenvalue weighted by molar-refractivity contribution is 7.81. The van der Waals surface area contributed by atoms with Crippen LogP contribution in [0.25, 0.3) is 0 Å². The minimum absolute atomic E-state index is 0.0509. The zero-order valence-corrected chi connectivity index (χ0v) is 24.7. The Labute approximate surface area is 197 Å². The van der Waals surface area contributed by atoms with E-state index in [0.717, 1.165) is 8.58 Å². The summed E-state index contributed by atoms with van der Waals surface area (Å²) in [6, 6.07) is 5.20. The lowest BCUT2D eigenvalue weighted by Crippen LogP contribution is -2.41. The van der Waals surface area contributed by atoms with Gasteiger partial charge in [-0.3, -0.25) is 0 Å². The molecule has 174 valence electrons. The second-order valence-electron chi connectivity index (χ2n) is 12.8. The molecule has 0 radical (unpaired) electrons. The van der Waals surface area contributed by atoms with Crippen molar-refractivity contribution in [2.75, 3.05) is 6.66 Å². The molecule has 1 unspecified atom stereocenters. The zero-order chi connectivity index (χ0) is 24.1. The van der Waals surface area contributed by atoms with Gasteiger partial charge in [-0.15, -0.1) is 8.58 Å². The summed E-state index contributed by atoms with van der Waals surface area (Å²) in [6.07, 6.45) is 0. The van der Waals surface area contributed by atoms with Crippen molar-refractivity contribution in [1.82, 2.24) is 0 Å². The average molecular weight is 451 g/mol. The van der Waals surface area contributed by atoms with Crippen LogP contribution in [0.2, 0.25) is 0 Å². The van der Waals surface area contributed by atoms with Crippen LogP contribution in [0, 0.1) is 11.8 Å². The summed E-state index contributed by atoms with van der Waals surface area (Å²) in [7, 11) is 0.849. The van der Waals surface area contributed by atoms with Crippen molar-refractivity contribution >= 4 is 21.2 Å². The molecule has 0 heterocycles. The molecule has 1 aromatic rings. The number of benzene rings is 1. The maximum atomic E-state index is 5.08. The van der Waals surface area contributed by atoms with E-state index in [1.54, 1.807) is 0 Å². The van der Waals surface area contributed by atoms with E-state index in [4.69, 9.17) is 12.6 Å². The van der Waals surface area contributed by atoms with Crippen LogP contribution in [-0.4, -0.2) is 11.4 Å². The van der Waals surface area contributed by atoms with Gasteiger partial charge >= 0.3 is 0 Å². The van der Waals surface area contributed by atoms with Gasteiger partial charge in [0, 0.05) is 15.3 Å². The molecule has 0 aliphatic heterocycles. The summed E-state index contributed by atoms with van der Waals surface area (Å²) < 4.78 is -0.122. The number of hydrogen-bond acceptors (Lipinski definition) is 1. The highest BCUT2D eigenvalue weighted by Gasteiger charge is 2.43. The van der Waals surface area contributed by atoms with Gasteiger partial charge in [0.15, 0.2) is 0 Å². The lowest BCUT2D eigenvalue weighted by atomic mass is 9.62. The van der Waals surface area contributed by atoms with E-state index in [1.165, 1.54) is 22.3 Å². The topological polar surface area (TPSA) is 0 Å². The highest BCUT2D eigenvalue weighted by Crippen LogP contribution is 2.52.